The Morgan fingerprint density at radius 3 is 2.28 bits per heavy atom. The monoisotopic (exact) mass is 405 g/mol. The standard InChI is InChI=1S/C20H27N3O6/c1-11(2)17(19(26)21-12(3)20(27)28)22-18(25)13-9-16(24)23(10-13)14-5-7-15(29-4)8-6-14/h5-8,11-13,17H,9-10H2,1-4H3,(H,21,26)(H,22,25)(H,27,28). The van der Waals surface area contributed by atoms with Gasteiger partial charge in [0.05, 0.1) is 13.0 Å². The minimum absolute atomic E-state index is 0.0375. The lowest BCUT2D eigenvalue weighted by molar-refractivity contribution is -0.142. The van der Waals surface area contributed by atoms with Gasteiger partial charge in [-0.05, 0) is 37.1 Å². The quantitative estimate of drug-likeness (QED) is 0.587. The highest BCUT2D eigenvalue weighted by Gasteiger charge is 2.37. The normalized spacial score (nSPS) is 18.3. The molecule has 3 N–H and O–H groups in total. The molecule has 158 valence electrons. The number of carboxylic acid groups (broad SMARTS) is 1. The average Bonchev–Trinajstić information content (AvgIpc) is 3.07. The molecule has 1 aromatic rings. The predicted molar refractivity (Wildman–Crippen MR) is 105 cm³/mol. The molecular weight excluding hydrogens is 378 g/mol. The third-order valence-electron chi connectivity index (χ3n) is 4.86. The number of aliphatic carboxylic acids is 1. The van der Waals surface area contributed by atoms with Crippen molar-refractivity contribution < 1.29 is 29.0 Å². The number of hydrogen-bond acceptors (Lipinski definition) is 5. The van der Waals surface area contributed by atoms with E-state index in [9.17, 15) is 19.2 Å². The molecule has 1 aliphatic heterocycles. The van der Waals surface area contributed by atoms with E-state index >= 15 is 0 Å². The summed E-state index contributed by atoms with van der Waals surface area (Å²) in [6.07, 6.45) is 0.0375. The highest BCUT2D eigenvalue weighted by atomic mass is 16.5. The largest absolute Gasteiger partial charge is 0.497 e. The van der Waals surface area contributed by atoms with Gasteiger partial charge in [-0.1, -0.05) is 13.8 Å². The van der Waals surface area contributed by atoms with Gasteiger partial charge in [-0.15, -0.1) is 0 Å². The van der Waals surface area contributed by atoms with Crippen LogP contribution < -0.4 is 20.3 Å². The summed E-state index contributed by atoms with van der Waals surface area (Å²) in [6.45, 7) is 5.05. The molecule has 1 aliphatic rings. The van der Waals surface area contributed by atoms with Crippen LogP contribution in [0.1, 0.15) is 27.2 Å². The van der Waals surface area contributed by atoms with Gasteiger partial charge in [0.25, 0.3) is 0 Å². The van der Waals surface area contributed by atoms with Gasteiger partial charge in [-0.3, -0.25) is 19.2 Å². The number of nitrogens with one attached hydrogen (secondary N) is 2. The number of rotatable bonds is 8. The number of carbonyl (C=O) groups excluding carboxylic acids is 3. The van der Waals surface area contributed by atoms with E-state index < -0.39 is 35.8 Å². The first-order valence-corrected chi connectivity index (χ1v) is 9.42. The smallest absolute Gasteiger partial charge is 0.325 e. The zero-order chi connectivity index (χ0) is 21.7. The highest BCUT2D eigenvalue weighted by molar-refractivity contribution is 6.01. The van der Waals surface area contributed by atoms with Gasteiger partial charge in [0.15, 0.2) is 0 Å². The highest BCUT2D eigenvalue weighted by Crippen LogP contribution is 2.27. The number of methoxy groups -OCH3 is 1. The maximum absolute atomic E-state index is 12.7. The lowest BCUT2D eigenvalue weighted by Gasteiger charge is -2.24. The van der Waals surface area contributed by atoms with E-state index in [2.05, 4.69) is 10.6 Å². The van der Waals surface area contributed by atoms with Crippen LogP contribution in [0.3, 0.4) is 0 Å². The van der Waals surface area contributed by atoms with Crippen molar-refractivity contribution in [1.29, 1.82) is 0 Å². The molecule has 1 saturated heterocycles. The molecule has 0 saturated carbocycles. The van der Waals surface area contributed by atoms with Gasteiger partial charge < -0.3 is 25.4 Å². The molecule has 0 aromatic heterocycles. The van der Waals surface area contributed by atoms with Crippen LogP contribution in [0, 0.1) is 11.8 Å². The summed E-state index contributed by atoms with van der Waals surface area (Å²) in [7, 11) is 1.55. The summed E-state index contributed by atoms with van der Waals surface area (Å²) in [4.78, 5) is 50.0. The lowest BCUT2D eigenvalue weighted by Crippen LogP contribution is -2.54. The third-order valence-corrected chi connectivity index (χ3v) is 4.86. The molecule has 3 amide bonds. The van der Waals surface area contributed by atoms with Crippen LogP contribution in [0.15, 0.2) is 24.3 Å². The first-order chi connectivity index (χ1) is 13.6. The van der Waals surface area contributed by atoms with Crippen molar-refractivity contribution in [3.05, 3.63) is 24.3 Å². The van der Waals surface area contributed by atoms with E-state index in [1.54, 1.807) is 45.2 Å². The molecule has 0 radical (unpaired) electrons. The first kappa shape index (κ1) is 22.2. The maximum Gasteiger partial charge on any atom is 0.325 e. The minimum Gasteiger partial charge on any atom is -0.497 e. The number of carboxylic acids is 1. The Balaban J connectivity index is 2.03. The summed E-state index contributed by atoms with van der Waals surface area (Å²) in [5.74, 6) is -2.52. The van der Waals surface area contributed by atoms with Crippen molar-refractivity contribution in [3.63, 3.8) is 0 Å². The van der Waals surface area contributed by atoms with E-state index in [4.69, 9.17) is 9.84 Å². The van der Waals surface area contributed by atoms with Gasteiger partial charge >= 0.3 is 5.97 Å². The van der Waals surface area contributed by atoms with Gasteiger partial charge in [-0.25, -0.2) is 0 Å². The van der Waals surface area contributed by atoms with E-state index in [0.29, 0.717) is 11.4 Å². The fourth-order valence-electron chi connectivity index (χ4n) is 3.07. The van der Waals surface area contributed by atoms with E-state index in [0.717, 1.165) is 0 Å². The van der Waals surface area contributed by atoms with Crippen LogP contribution in [-0.4, -0.2) is 54.5 Å². The maximum atomic E-state index is 12.7. The Morgan fingerprint density at radius 2 is 1.76 bits per heavy atom. The second kappa shape index (κ2) is 9.40. The number of ether oxygens (including phenoxy) is 1. The van der Waals surface area contributed by atoms with Crippen LogP contribution in [0.25, 0.3) is 0 Å². The SMILES string of the molecule is COc1ccc(N2CC(C(=O)NC(C(=O)NC(C)C(=O)O)C(C)C)CC2=O)cc1. The molecule has 0 spiro atoms. The minimum atomic E-state index is -1.16. The zero-order valence-electron chi connectivity index (χ0n) is 17.0. The second-order valence-electron chi connectivity index (χ2n) is 7.40. The van der Waals surface area contributed by atoms with Crippen molar-refractivity contribution in [1.82, 2.24) is 10.6 Å². The van der Waals surface area contributed by atoms with Gasteiger partial charge in [0.1, 0.15) is 17.8 Å². The molecule has 3 unspecified atom stereocenters. The number of amides is 3. The molecule has 1 aromatic carbocycles. The van der Waals surface area contributed by atoms with Gasteiger partial charge in [0, 0.05) is 18.7 Å². The van der Waals surface area contributed by atoms with Crippen molar-refractivity contribution in [2.45, 2.75) is 39.3 Å². The Kier molecular flexibility index (Phi) is 7.19. The Hall–Kier alpha value is -3.10. The van der Waals surface area contributed by atoms with Crippen LogP contribution in [0.4, 0.5) is 5.69 Å². The zero-order valence-corrected chi connectivity index (χ0v) is 17.0. The molecule has 0 bridgehead atoms. The fourth-order valence-corrected chi connectivity index (χ4v) is 3.07. The average molecular weight is 405 g/mol. The number of hydrogen-bond donors (Lipinski definition) is 3. The summed E-state index contributed by atoms with van der Waals surface area (Å²) >= 11 is 0. The van der Waals surface area contributed by atoms with Crippen molar-refractivity contribution in [3.8, 4) is 5.75 Å². The third kappa shape index (κ3) is 5.46. The summed E-state index contributed by atoms with van der Waals surface area (Å²) in [5.41, 5.74) is 0.666. The molecule has 9 heteroatoms. The lowest BCUT2D eigenvalue weighted by atomic mass is 10.0. The Bertz CT molecular complexity index is 777. The molecular formula is C20H27N3O6. The first-order valence-electron chi connectivity index (χ1n) is 9.42. The molecule has 29 heavy (non-hydrogen) atoms. The Labute approximate surface area is 169 Å². The van der Waals surface area contributed by atoms with Crippen molar-refractivity contribution in [2.24, 2.45) is 11.8 Å². The summed E-state index contributed by atoms with van der Waals surface area (Å²) in [5, 5.41) is 14.0. The van der Waals surface area contributed by atoms with E-state index in [-0.39, 0.29) is 24.8 Å². The van der Waals surface area contributed by atoms with Crippen molar-refractivity contribution >= 4 is 29.4 Å². The predicted octanol–water partition coefficient (Wildman–Crippen LogP) is 0.778. The molecule has 0 aliphatic carbocycles. The molecule has 1 fully saturated rings. The van der Waals surface area contributed by atoms with Crippen LogP contribution in [0.5, 0.6) is 5.75 Å². The molecule has 1 heterocycles. The number of carbonyl (C=O) groups is 4. The summed E-state index contributed by atoms with van der Waals surface area (Å²) in [6, 6.07) is 5.00. The fraction of sp³-hybridized carbons (Fsp3) is 0.500. The van der Waals surface area contributed by atoms with Crippen molar-refractivity contribution in [2.75, 3.05) is 18.6 Å². The number of benzene rings is 1. The van der Waals surface area contributed by atoms with Gasteiger partial charge in [-0.2, -0.15) is 0 Å². The molecule has 3 atom stereocenters. The number of nitrogens with zero attached hydrogens (tertiary/aromatic N) is 1. The molecule has 2 rings (SSSR count). The second-order valence-corrected chi connectivity index (χ2v) is 7.40. The summed E-state index contributed by atoms with van der Waals surface area (Å²) < 4.78 is 5.11. The van der Waals surface area contributed by atoms with Crippen LogP contribution in [-0.2, 0) is 19.2 Å². The van der Waals surface area contributed by atoms with Crippen LogP contribution in [0.2, 0.25) is 0 Å². The van der Waals surface area contributed by atoms with Crippen LogP contribution >= 0.6 is 0 Å². The Morgan fingerprint density at radius 1 is 1.14 bits per heavy atom. The van der Waals surface area contributed by atoms with Gasteiger partial charge in [0.2, 0.25) is 17.7 Å². The van der Waals surface area contributed by atoms with E-state index in [1.165, 1.54) is 11.8 Å². The number of anilines is 1. The molecule has 9 nitrogen and oxygen atoms in total. The topological polar surface area (TPSA) is 125 Å². The van der Waals surface area contributed by atoms with E-state index in [1.807, 2.05) is 0 Å².